The van der Waals surface area contributed by atoms with Gasteiger partial charge in [-0.25, -0.2) is 0 Å². The minimum absolute atomic E-state index is 0.171. The highest BCUT2D eigenvalue weighted by atomic mass is 16.3. The number of anilines is 1. The SMILES string of the molecule is CCc1ccc(N[C@H]2CCC[C@@H]2O)cc1. The van der Waals surface area contributed by atoms with Crippen LogP contribution in [0.4, 0.5) is 5.69 Å². The van der Waals surface area contributed by atoms with Gasteiger partial charge in [0.15, 0.2) is 0 Å². The van der Waals surface area contributed by atoms with Crippen LogP contribution < -0.4 is 5.32 Å². The lowest BCUT2D eigenvalue weighted by atomic mass is 10.1. The molecule has 2 rings (SSSR count). The minimum Gasteiger partial charge on any atom is -0.391 e. The highest BCUT2D eigenvalue weighted by Crippen LogP contribution is 2.23. The second-order valence-electron chi connectivity index (χ2n) is 4.30. The van der Waals surface area contributed by atoms with Crippen LogP contribution in [0.15, 0.2) is 24.3 Å². The number of benzene rings is 1. The van der Waals surface area contributed by atoms with Gasteiger partial charge in [-0.1, -0.05) is 19.1 Å². The van der Waals surface area contributed by atoms with Gasteiger partial charge in [-0.2, -0.15) is 0 Å². The molecule has 2 nitrogen and oxygen atoms in total. The second-order valence-corrected chi connectivity index (χ2v) is 4.30. The third-order valence-electron chi connectivity index (χ3n) is 3.19. The molecular formula is C13H19NO. The zero-order valence-electron chi connectivity index (χ0n) is 9.24. The molecule has 1 aromatic carbocycles. The Morgan fingerprint density at radius 1 is 1.27 bits per heavy atom. The van der Waals surface area contributed by atoms with Crippen LogP contribution in [0.5, 0.6) is 0 Å². The van der Waals surface area contributed by atoms with Gasteiger partial charge in [-0.05, 0) is 43.4 Å². The number of aliphatic hydroxyl groups is 1. The molecule has 1 aliphatic rings. The van der Waals surface area contributed by atoms with Gasteiger partial charge in [0, 0.05) is 5.69 Å². The molecule has 0 radical (unpaired) electrons. The van der Waals surface area contributed by atoms with Crippen molar-refractivity contribution in [2.45, 2.75) is 44.8 Å². The highest BCUT2D eigenvalue weighted by Gasteiger charge is 2.24. The number of aliphatic hydroxyl groups excluding tert-OH is 1. The molecule has 2 atom stereocenters. The Labute approximate surface area is 91.3 Å². The lowest BCUT2D eigenvalue weighted by Crippen LogP contribution is -2.27. The molecule has 0 amide bonds. The summed E-state index contributed by atoms with van der Waals surface area (Å²) >= 11 is 0. The highest BCUT2D eigenvalue weighted by molar-refractivity contribution is 5.45. The summed E-state index contributed by atoms with van der Waals surface area (Å²) in [6.07, 6.45) is 4.05. The summed E-state index contributed by atoms with van der Waals surface area (Å²) < 4.78 is 0. The Balaban J connectivity index is 1.98. The van der Waals surface area contributed by atoms with Crippen molar-refractivity contribution in [3.63, 3.8) is 0 Å². The molecule has 0 saturated heterocycles. The van der Waals surface area contributed by atoms with Crippen LogP contribution >= 0.6 is 0 Å². The topological polar surface area (TPSA) is 32.3 Å². The Hall–Kier alpha value is -1.02. The largest absolute Gasteiger partial charge is 0.391 e. The maximum absolute atomic E-state index is 9.69. The van der Waals surface area contributed by atoms with Gasteiger partial charge < -0.3 is 10.4 Å². The molecule has 0 bridgehead atoms. The van der Waals surface area contributed by atoms with Gasteiger partial charge in [0.2, 0.25) is 0 Å². The van der Waals surface area contributed by atoms with E-state index in [1.165, 1.54) is 5.56 Å². The van der Waals surface area contributed by atoms with Crippen molar-refractivity contribution in [3.8, 4) is 0 Å². The molecule has 0 aliphatic heterocycles. The van der Waals surface area contributed by atoms with Gasteiger partial charge in [-0.15, -0.1) is 0 Å². The van der Waals surface area contributed by atoms with Crippen LogP contribution in [0, 0.1) is 0 Å². The fourth-order valence-corrected chi connectivity index (χ4v) is 2.16. The Bertz CT molecular complexity index is 307. The maximum atomic E-state index is 9.69. The van der Waals surface area contributed by atoms with E-state index in [9.17, 15) is 5.11 Å². The monoisotopic (exact) mass is 205 g/mol. The Kier molecular flexibility index (Phi) is 3.27. The summed E-state index contributed by atoms with van der Waals surface area (Å²) in [6, 6.07) is 8.73. The molecular weight excluding hydrogens is 186 g/mol. The van der Waals surface area contributed by atoms with Gasteiger partial charge in [0.1, 0.15) is 0 Å². The molecule has 1 saturated carbocycles. The van der Waals surface area contributed by atoms with Crippen molar-refractivity contribution < 1.29 is 5.11 Å². The van der Waals surface area contributed by atoms with Crippen molar-refractivity contribution in [3.05, 3.63) is 29.8 Å². The summed E-state index contributed by atoms with van der Waals surface area (Å²) in [5.74, 6) is 0. The predicted molar refractivity (Wildman–Crippen MR) is 63.1 cm³/mol. The van der Waals surface area contributed by atoms with Gasteiger partial charge in [0.25, 0.3) is 0 Å². The quantitative estimate of drug-likeness (QED) is 0.795. The van der Waals surface area contributed by atoms with Gasteiger partial charge >= 0.3 is 0 Å². The van der Waals surface area contributed by atoms with Crippen molar-refractivity contribution in [1.82, 2.24) is 0 Å². The molecule has 0 unspecified atom stereocenters. The third-order valence-corrected chi connectivity index (χ3v) is 3.19. The van der Waals surface area contributed by atoms with Crippen molar-refractivity contribution in [1.29, 1.82) is 0 Å². The van der Waals surface area contributed by atoms with Gasteiger partial charge in [-0.3, -0.25) is 0 Å². The van der Waals surface area contributed by atoms with Crippen LogP contribution in [0.1, 0.15) is 31.7 Å². The first-order valence-corrected chi connectivity index (χ1v) is 5.83. The summed E-state index contributed by atoms with van der Waals surface area (Å²) in [6.45, 7) is 2.16. The van der Waals surface area contributed by atoms with Crippen molar-refractivity contribution in [2.24, 2.45) is 0 Å². The average molecular weight is 205 g/mol. The maximum Gasteiger partial charge on any atom is 0.0741 e. The molecule has 0 aromatic heterocycles. The molecule has 15 heavy (non-hydrogen) atoms. The zero-order chi connectivity index (χ0) is 10.7. The molecule has 2 heteroatoms. The fraction of sp³-hybridized carbons (Fsp3) is 0.538. The standard InChI is InChI=1S/C13H19NO/c1-2-10-6-8-11(9-7-10)14-12-4-3-5-13(12)15/h6-9,12-15H,2-5H2,1H3/t12-,13-/m0/s1. The van der Waals surface area contributed by atoms with E-state index in [4.69, 9.17) is 0 Å². The summed E-state index contributed by atoms with van der Waals surface area (Å²) in [5, 5.41) is 13.1. The second kappa shape index (κ2) is 4.67. The lowest BCUT2D eigenvalue weighted by Gasteiger charge is -2.17. The van der Waals surface area contributed by atoms with Crippen LogP contribution in [0.2, 0.25) is 0 Å². The van der Waals surface area contributed by atoms with Gasteiger partial charge in [0.05, 0.1) is 12.1 Å². The van der Waals surface area contributed by atoms with Crippen LogP contribution in [0.3, 0.4) is 0 Å². The van der Waals surface area contributed by atoms with E-state index in [0.29, 0.717) is 0 Å². The number of rotatable bonds is 3. The Morgan fingerprint density at radius 2 is 2.00 bits per heavy atom. The van der Waals surface area contributed by atoms with E-state index in [0.717, 1.165) is 31.4 Å². The molecule has 1 aliphatic carbocycles. The number of hydrogen-bond acceptors (Lipinski definition) is 2. The third kappa shape index (κ3) is 2.51. The molecule has 0 spiro atoms. The van der Waals surface area contributed by atoms with Crippen LogP contribution in [-0.2, 0) is 6.42 Å². The van der Waals surface area contributed by atoms with E-state index < -0.39 is 0 Å². The normalized spacial score (nSPS) is 25.5. The fourth-order valence-electron chi connectivity index (χ4n) is 2.16. The average Bonchev–Trinajstić information content (AvgIpc) is 2.66. The number of hydrogen-bond donors (Lipinski definition) is 2. The first-order valence-electron chi connectivity index (χ1n) is 5.83. The van der Waals surface area contributed by atoms with E-state index in [2.05, 4.69) is 36.5 Å². The molecule has 2 N–H and O–H groups in total. The van der Waals surface area contributed by atoms with Crippen molar-refractivity contribution >= 4 is 5.69 Å². The van der Waals surface area contributed by atoms with E-state index in [-0.39, 0.29) is 12.1 Å². The first-order chi connectivity index (χ1) is 7.29. The summed E-state index contributed by atoms with van der Waals surface area (Å²) in [7, 11) is 0. The smallest absolute Gasteiger partial charge is 0.0741 e. The van der Waals surface area contributed by atoms with E-state index in [1.807, 2.05) is 0 Å². The molecule has 1 aromatic rings. The Morgan fingerprint density at radius 3 is 2.53 bits per heavy atom. The first kappa shape index (κ1) is 10.5. The minimum atomic E-state index is -0.171. The predicted octanol–water partition coefficient (Wildman–Crippen LogP) is 2.57. The van der Waals surface area contributed by atoms with Crippen LogP contribution in [-0.4, -0.2) is 17.3 Å². The lowest BCUT2D eigenvalue weighted by molar-refractivity contribution is 0.172. The van der Waals surface area contributed by atoms with E-state index in [1.54, 1.807) is 0 Å². The summed E-state index contributed by atoms with van der Waals surface area (Å²) in [4.78, 5) is 0. The summed E-state index contributed by atoms with van der Waals surface area (Å²) in [5.41, 5.74) is 2.48. The molecule has 1 fully saturated rings. The van der Waals surface area contributed by atoms with Crippen molar-refractivity contribution in [2.75, 3.05) is 5.32 Å². The molecule has 0 heterocycles. The zero-order valence-corrected chi connectivity index (χ0v) is 9.24. The molecule has 82 valence electrons. The number of aryl methyl sites for hydroxylation is 1. The number of nitrogens with one attached hydrogen (secondary N) is 1. The van der Waals surface area contributed by atoms with Crippen LogP contribution in [0.25, 0.3) is 0 Å². The van der Waals surface area contributed by atoms with E-state index >= 15 is 0 Å².